The Kier molecular flexibility index (Phi) is 4.75. The van der Waals surface area contributed by atoms with Crippen LogP contribution in [0.5, 0.6) is 0 Å². The van der Waals surface area contributed by atoms with Gasteiger partial charge in [-0.15, -0.1) is 0 Å². The molecule has 0 aliphatic carbocycles. The van der Waals surface area contributed by atoms with Gasteiger partial charge in [0.05, 0.1) is 11.6 Å². The van der Waals surface area contributed by atoms with Gasteiger partial charge >= 0.3 is 0 Å². The van der Waals surface area contributed by atoms with E-state index in [1.807, 2.05) is 13.1 Å². The Morgan fingerprint density at radius 3 is 2.50 bits per heavy atom. The first-order valence-electron chi connectivity index (χ1n) is 6.76. The lowest BCUT2D eigenvalue weighted by atomic mass is 9.82. The molecule has 1 unspecified atom stereocenters. The van der Waals surface area contributed by atoms with Gasteiger partial charge in [0.25, 0.3) is 0 Å². The van der Waals surface area contributed by atoms with Gasteiger partial charge in [-0.05, 0) is 19.5 Å². The van der Waals surface area contributed by atoms with Gasteiger partial charge < -0.3 is 14.8 Å². The maximum absolute atomic E-state index is 6.14. The summed E-state index contributed by atoms with van der Waals surface area (Å²) in [7, 11) is 2.01. The van der Waals surface area contributed by atoms with Gasteiger partial charge in [-0.2, -0.15) is 0 Å². The van der Waals surface area contributed by atoms with Crippen molar-refractivity contribution in [1.82, 2.24) is 5.32 Å². The predicted octanol–water partition coefficient (Wildman–Crippen LogP) is 2.53. The van der Waals surface area contributed by atoms with Crippen molar-refractivity contribution in [2.24, 2.45) is 0 Å². The van der Waals surface area contributed by atoms with Crippen LogP contribution >= 0.6 is 0 Å². The lowest BCUT2D eigenvalue weighted by Crippen LogP contribution is -2.49. The molecule has 0 aromatic heterocycles. The fraction of sp³-hybridized carbons (Fsp3) is 0.600. The smallest absolute Gasteiger partial charge is 0.0919 e. The Morgan fingerprint density at radius 2 is 1.94 bits per heavy atom. The van der Waals surface area contributed by atoms with Crippen molar-refractivity contribution in [3.8, 4) is 0 Å². The first-order valence-corrected chi connectivity index (χ1v) is 6.76. The molecule has 0 radical (unpaired) electrons. The van der Waals surface area contributed by atoms with E-state index in [9.17, 15) is 0 Å². The number of ether oxygens (including phenoxy) is 2. The van der Waals surface area contributed by atoms with Gasteiger partial charge in [0, 0.05) is 32.7 Å². The second-order valence-corrected chi connectivity index (χ2v) is 4.74. The topological polar surface area (TPSA) is 30.5 Å². The molecule has 1 fully saturated rings. The summed E-state index contributed by atoms with van der Waals surface area (Å²) in [5.74, 6) is 0. The molecule has 1 N–H and O–H groups in total. The molecule has 1 aromatic rings. The zero-order valence-electron chi connectivity index (χ0n) is 11.3. The number of rotatable bonds is 5. The van der Waals surface area contributed by atoms with Gasteiger partial charge in [0.2, 0.25) is 0 Å². The molecule has 1 aliphatic rings. The molecule has 0 saturated carbocycles. The highest BCUT2D eigenvalue weighted by Crippen LogP contribution is 2.37. The summed E-state index contributed by atoms with van der Waals surface area (Å²) in [5, 5.41) is 3.43. The average Bonchev–Trinajstić information content (AvgIpc) is 2.42. The van der Waals surface area contributed by atoms with Gasteiger partial charge in [-0.25, -0.2) is 0 Å². The van der Waals surface area contributed by atoms with Gasteiger partial charge in [0.15, 0.2) is 0 Å². The third-order valence-electron chi connectivity index (χ3n) is 3.72. The van der Waals surface area contributed by atoms with E-state index in [2.05, 4.69) is 36.5 Å². The summed E-state index contributed by atoms with van der Waals surface area (Å²) in [6.45, 7) is 4.37. The molecule has 1 heterocycles. The minimum Gasteiger partial charge on any atom is -0.381 e. The van der Waals surface area contributed by atoms with Crippen LogP contribution in [0.15, 0.2) is 30.3 Å². The quantitative estimate of drug-likeness (QED) is 0.870. The van der Waals surface area contributed by atoms with Crippen LogP contribution < -0.4 is 5.32 Å². The summed E-state index contributed by atoms with van der Waals surface area (Å²) >= 11 is 0. The molecule has 0 spiro atoms. The Labute approximate surface area is 109 Å². The Morgan fingerprint density at radius 1 is 1.28 bits per heavy atom. The molecule has 2 rings (SSSR count). The lowest BCUT2D eigenvalue weighted by molar-refractivity contribution is -0.127. The van der Waals surface area contributed by atoms with Crippen molar-refractivity contribution in [3.63, 3.8) is 0 Å². The zero-order chi connectivity index (χ0) is 12.8. The standard InChI is InChI=1S/C15H23NO2/c1-3-18-15(9-11-17-12-10-15)14(16-2)13-7-5-4-6-8-13/h4-8,14,16H,3,9-12H2,1-2H3. The maximum atomic E-state index is 6.14. The molecule has 100 valence electrons. The molecule has 0 amide bonds. The average molecular weight is 249 g/mol. The van der Waals surface area contributed by atoms with Crippen LogP contribution in [0.1, 0.15) is 31.4 Å². The van der Waals surface area contributed by atoms with Gasteiger partial charge in [-0.3, -0.25) is 0 Å². The van der Waals surface area contributed by atoms with E-state index in [-0.39, 0.29) is 11.6 Å². The van der Waals surface area contributed by atoms with E-state index in [1.54, 1.807) is 0 Å². The highest BCUT2D eigenvalue weighted by molar-refractivity contribution is 5.22. The predicted molar refractivity (Wildman–Crippen MR) is 72.7 cm³/mol. The van der Waals surface area contributed by atoms with Crippen LogP contribution in [0.3, 0.4) is 0 Å². The number of nitrogens with one attached hydrogen (secondary N) is 1. The fourth-order valence-corrected chi connectivity index (χ4v) is 2.90. The van der Waals surface area contributed by atoms with Crippen LogP contribution in [0.2, 0.25) is 0 Å². The van der Waals surface area contributed by atoms with Crippen LogP contribution in [0.4, 0.5) is 0 Å². The summed E-state index contributed by atoms with van der Waals surface area (Å²) in [6, 6.07) is 10.8. The second-order valence-electron chi connectivity index (χ2n) is 4.74. The number of hydrogen-bond acceptors (Lipinski definition) is 3. The van der Waals surface area contributed by atoms with E-state index >= 15 is 0 Å². The monoisotopic (exact) mass is 249 g/mol. The lowest BCUT2D eigenvalue weighted by Gasteiger charge is -2.43. The highest BCUT2D eigenvalue weighted by Gasteiger charge is 2.41. The van der Waals surface area contributed by atoms with Crippen molar-refractivity contribution >= 4 is 0 Å². The number of hydrogen-bond donors (Lipinski definition) is 1. The molecule has 1 saturated heterocycles. The van der Waals surface area contributed by atoms with Crippen molar-refractivity contribution in [2.45, 2.75) is 31.4 Å². The first-order chi connectivity index (χ1) is 8.82. The summed E-state index contributed by atoms with van der Waals surface area (Å²) < 4.78 is 11.6. The largest absolute Gasteiger partial charge is 0.381 e. The van der Waals surface area contributed by atoms with Crippen LogP contribution in [-0.2, 0) is 9.47 Å². The number of likely N-dealkylation sites (N-methyl/N-ethyl adjacent to an activating group) is 1. The normalized spacial score (nSPS) is 20.6. The minimum atomic E-state index is -0.136. The van der Waals surface area contributed by atoms with E-state index in [0.29, 0.717) is 0 Å². The van der Waals surface area contributed by atoms with Crippen molar-refractivity contribution in [1.29, 1.82) is 0 Å². The third kappa shape index (κ3) is 2.74. The molecule has 0 bridgehead atoms. The minimum absolute atomic E-state index is 0.136. The molecular formula is C15H23NO2. The molecule has 3 nitrogen and oxygen atoms in total. The molecule has 1 aromatic carbocycles. The van der Waals surface area contributed by atoms with E-state index in [1.165, 1.54) is 5.56 Å². The van der Waals surface area contributed by atoms with E-state index < -0.39 is 0 Å². The Balaban J connectivity index is 2.27. The third-order valence-corrected chi connectivity index (χ3v) is 3.72. The van der Waals surface area contributed by atoms with Crippen molar-refractivity contribution < 1.29 is 9.47 Å². The van der Waals surface area contributed by atoms with E-state index in [0.717, 1.165) is 32.7 Å². The van der Waals surface area contributed by atoms with Gasteiger partial charge in [0.1, 0.15) is 0 Å². The molecule has 3 heteroatoms. The van der Waals surface area contributed by atoms with Crippen LogP contribution in [0.25, 0.3) is 0 Å². The molecular weight excluding hydrogens is 226 g/mol. The zero-order valence-corrected chi connectivity index (χ0v) is 11.3. The Hall–Kier alpha value is -0.900. The molecule has 18 heavy (non-hydrogen) atoms. The summed E-state index contributed by atoms with van der Waals surface area (Å²) in [5.41, 5.74) is 1.15. The molecule has 1 aliphatic heterocycles. The summed E-state index contributed by atoms with van der Waals surface area (Å²) in [4.78, 5) is 0. The maximum Gasteiger partial charge on any atom is 0.0919 e. The Bertz CT molecular complexity index is 341. The SMILES string of the molecule is CCOC1(C(NC)c2ccccc2)CCOCC1. The first kappa shape index (κ1) is 13.5. The van der Waals surface area contributed by atoms with E-state index in [4.69, 9.17) is 9.47 Å². The van der Waals surface area contributed by atoms with Gasteiger partial charge in [-0.1, -0.05) is 30.3 Å². The fourth-order valence-electron chi connectivity index (χ4n) is 2.90. The van der Waals surface area contributed by atoms with Crippen molar-refractivity contribution in [2.75, 3.05) is 26.9 Å². The van der Waals surface area contributed by atoms with Crippen LogP contribution in [-0.4, -0.2) is 32.5 Å². The summed E-state index contributed by atoms with van der Waals surface area (Å²) in [6.07, 6.45) is 1.89. The van der Waals surface area contributed by atoms with Crippen molar-refractivity contribution in [3.05, 3.63) is 35.9 Å². The molecule has 1 atom stereocenters. The van der Waals surface area contributed by atoms with Crippen LogP contribution in [0, 0.1) is 0 Å². The number of benzene rings is 1. The highest BCUT2D eigenvalue weighted by atomic mass is 16.5. The second kappa shape index (κ2) is 6.32.